The Morgan fingerprint density at radius 1 is 1.40 bits per heavy atom. The number of hydrogen-bond donors (Lipinski definition) is 0. The first-order chi connectivity index (χ1) is 6.88. The second-order valence-electron chi connectivity index (χ2n) is 4.38. The van der Waals surface area contributed by atoms with Gasteiger partial charge in [0, 0.05) is 0 Å². The first kappa shape index (κ1) is 14.6. The molecule has 2 nitrogen and oxygen atoms in total. The summed E-state index contributed by atoms with van der Waals surface area (Å²) >= 11 is -1.92. The van der Waals surface area contributed by atoms with Crippen LogP contribution in [0.1, 0.15) is 19.8 Å². The molecule has 0 saturated heterocycles. The summed E-state index contributed by atoms with van der Waals surface area (Å²) in [6.07, 6.45) is 1.64. The number of hydrogen-bond acceptors (Lipinski definition) is 2. The molecular formula is C12H20O2Sn. The Bertz CT molecular complexity index is 289. The maximum atomic E-state index is 10.9. The van der Waals surface area contributed by atoms with Crippen molar-refractivity contribution in [3.63, 3.8) is 0 Å². The van der Waals surface area contributed by atoms with E-state index in [4.69, 9.17) is 4.74 Å². The molecule has 0 aliphatic carbocycles. The topological polar surface area (TPSA) is 26.3 Å². The second-order valence-corrected chi connectivity index (χ2v) is 19.2. The van der Waals surface area contributed by atoms with Gasteiger partial charge in [-0.2, -0.15) is 0 Å². The van der Waals surface area contributed by atoms with E-state index in [1.165, 1.54) is 3.59 Å². The molecule has 0 aromatic heterocycles. The average molecular weight is 315 g/mol. The summed E-state index contributed by atoms with van der Waals surface area (Å²) in [6, 6.07) is 0. The van der Waals surface area contributed by atoms with Crippen molar-refractivity contribution < 1.29 is 9.53 Å². The number of rotatable bonds is 4. The van der Waals surface area contributed by atoms with Crippen LogP contribution in [0.4, 0.5) is 0 Å². The van der Waals surface area contributed by atoms with Crippen molar-refractivity contribution in [2.75, 3.05) is 6.61 Å². The standard InChI is InChI=1S/C9H11O2.3CH3.Sn/c1-3-5-6-7-8-9(10)11-4-2;;;;/h1,4-6H2,2H3;3*1H3;. The molecule has 0 spiro atoms. The number of ether oxygens (including phenoxy) is 1. The fraction of sp³-hybridized carbons (Fsp3) is 0.583. The van der Waals surface area contributed by atoms with Gasteiger partial charge in [-0.15, -0.1) is 0 Å². The summed E-state index contributed by atoms with van der Waals surface area (Å²) in [5, 5.41) is 0. The van der Waals surface area contributed by atoms with Gasteiger partial charge < -0.3 is 0 Å². The van der Waals surface area contributed by atoms with Crippen LogP contribution >= 0.6 is 0 Å². The van der Waals surface area contributed by atoms with Crippen molar-refractivity contribution in [3.8, 4) is 11.8 Å². The molecule has 15 heavy (non-hydrogen) atoms. The zero-order valence-corrected chi connectivity index (χ0v) is 13.0. The molecule has 0 heterocycles. The van der Waals surface area contributed by atoms with Crippen LogP contribution in [-0.4, -0.2) is 31.0 Å². The van der Waals surface area contributed by atoms with Crippen molar-refractivity contribution in [1.82, 2.24) is 0 Å². The van der Waals surface area contributed by atoms with Crippen LogP contribution in [0.3, 0.4) is 0 Å². The summed E-state index contributed by atoms with van der Waals surface area (Å²) in [7, 11) is 0. The number of carbonyl (C=O) groups is 1. The zero-order valence-electron chi connectivity index (χ0n) is 10.1. The molecule has 0 atom stereocenters. The average Bonchev–Trinajstić information content (AvgIpc) is 2.11. The molecule has 84 valence electrons. The molecule has 0 aromatic carbocycles. The predicted molar refractivity (Wildman–Crippen MR) is 66.1 cm³/mol. The van der Waals surface area contributed by atoms with Gasteiger partial charge in [-0.3, -0.25) is 0 Å². The van der Waals surface area contributed by atoms with Crippen LogP contribution in [0.5, 0.6) is 0 Å². The number of carbonyl (C=O) groups excluding carboxylic acids is 1. The molecule has 0 aromatic rings. The Labute approximate surface area is 97.0 Å². The molecular weight excluding hydrogens is 295 g/mol. The van der Waals surface area contributed by atoms with Gasteiger partial charge in [-0.1, -0.05) is 0 Å². The van der Waals surface area contributed by atoms with Crippen molar-refractivity contribution in [2.45, 2.75) is 34.6 Å². The minimum absolute atomic E-state index is 0.388. The van der Waals surface area contributed by atoms with E-state index in [1.54, 1.807) is 6.92 Å². The third kappa shape index (κ3) is 7.49. The molecule has 0 rings (SSSR count). The van der Waals surface area contributed by atoms with Gasteiger partial charge in [0.1, 0.15) is 0 Å². The summed E-state index contributed by atoms with van der Waals surface area (Å²) < 4.78 is 6.06. The van der Waals surface area contributed by atoms with E-state index in [2.05, 4.69) is 33.2 Å². The van der Waals surface area contributed by atoms with E-state index in [-0.39, 0.29) is 0 Å². The van der Waals surface area contributed by atoms with Gasteiger partial charge in [0.25, 0.3) is 0 Å². The fourth-order valence-corrected chi connectivity index (χ4v) is 3.39. The van der Waals surface area contributed by atoms with Crippen molar-refractivity contribution in [3.05, 3.63) is 10.2 Å². The molecule has 0 N–H and O–H groups in total. The number of allylic oxidation sites excluding steroid dienone is 1. The fourth-order valence-electron chi connectivity index (χ4n) is 0.890. The monoisotopic (exact) mass is 316 g/mol. The Kier molecular flexibility index (Phi) is 6.74. The molecule has 0 fully saturated rings. The van der Waals surface area contributed by atoms with Gasteiger partial charge >= 0.3 is 97.1 Å². The molecule has 0 aliphatic heterocycles. The Morgan fingerprint density at radius 3 is 2.47 bits per heavy atom. The van der Waals surface area contributed by atoms with Crippen molar-refractivity contribution in [1.29, 1.82) is 0 Å². The molecule has 0 unspecified atom stereocenters. The van der Waals surface area contributed by atoms with E-state index in [0.29, 0.717) is 13.0 Å². The summed E-state index contributed by atoms with van der Waals surface area (Å²) in [4.78, 5) is 17.9. The summed E-state index contributed by atoms with van der Waals surface area (Å²) in [5.74, 6) is 4.85. The summed E-state index contributed by atoms with van der Waals surface area (Å²) in [6.45, 7) is 6.25. The maximum absolute atomic E-state index is 10.9. The van der Waals surface area contributed by atoms with Crippen molar-refractivity contribution >= 4 is 24.3 Å². The zero-order chi connectivity index (χ0) is 11.9. The third-order valence-corrected chi connectivity index (χ3v) is 8.85. The molecule has 0 saturated carbocycles. The first-order valence-electron chi connectivity index (χ1n) is 5.21. The molecule has 0 amide bonds. The molecule has 0 aliphatic rings. The van der Waals surface area contributed by atoms with Crippen LogP contribution in [-0.2, 0) is 9.53 Å². The van der Waals surface area contributed by atoms with Crippen LogP contribution in [0.2, 0.25) is 14.8 Å². The van der Waals surface area contributed by atoms with Gasteiger partial charge in [-0.05, 0) is 0 Å². The predicted octanol–water partition coefficient (Wildman–Crippen LogP) is 2.77. The van der Waals surface area contributed by atoms with Crippen molar-refractivity contribution in [2.24, 2.45) is 0 Å². The van der Waals surface area contributed by atoms with E-state index in [9.17, 15) is 4.79 Å². The quantitative estimate of drug-likeness (QED) is 0.345. The number of esters is 1. The Hall–Kier alpha value is -0.431. The second kappa shape index (κ2) is 6.94. The summed E-state index contributed by atoms with van der Waals surface area (Å²) in [5.41, 5.74) is 0. The van der Waals surface area contributed by atoms with Gasteiger partial charge in [-0.25, -0.2) is 0 Å². The molecule has 3 heteroatoms. The first-order valence-corrected chi connectivity index (χ1v) is 15.2. The molecule has 0 radical (unpaired) electrons. The van der Waals surface area contributed by atoms with Crippen LogP contribution in [0.15, 0.2) is 10.2 Å². The Balaban J connectivity index is 3.89. The van der Waals surface area contributed by atoms with E-state index in [1.807, 2.05) is 0 Å². The molecule has 0 bridgehead atoms. The normalized spacial score (nSPS) is 10.1. The third-order valence-electron chi connectivity index (χ3n) is 2.08. The van der Waals surface area contributed by atoms with E-state index < -0.39 is 24.3 Å². The van der Waals surface area contributed by atoms with E-state index in [0.717, 1.165) is 6.42 Å². The van der Waals surface area contributed by atoms with Crippen LogP contribution < -0.4 is 0 Å². The van der Waals surface area contributed by atoms with Gasteiger partial charge in [0.2, 0.25) is 0 Å². The Morgan fingerprint density at radius 2 is 2.00 bits per heavy atom. The van der Waals surface area contributed by atoms with Crippen LogP contribution in [0, 0.1) is 11.8 Å². The SMILES string of the molecule is C=[C](CCC#CC(=O)OCC)[Sn]([CH3])([CH3])[CH3]. The van der Waals surface area contributed by atoms with E-state index >= 15 is 0 Å². The van der Waals surface area contributed by atoms with Gasteiger partial charge in [0.15, 0.2) is 0 Å². The van der Waals surface area contributed by atoms with Gasteiger partial charge in [0.05, 0.1) is 0 Å². The van der Waals surface area contributed by atoms with Crippen LogP contribution in [0.25, 0.3) is 0 Å². The minimum atomic E-state index is -1.92.